The smallest absolute Gasteiger partial charge is 0.407 e. The van der Waals surface area contributed by atoms with Gasteiger partial charge < -0.3 is 10.1 Å². The Balaban J connectivity index is 2.26. The van der Waals surface area contributed by atoms with Gasteiger partial charge in [0.15, 0.2) is 0 Å². The Kier molecular flexibility index (Phi) is 6.11. The van der Waals surface area contributed by atoms with Crippen LogP contribution in [-0.4, -0.2) is 24.0 Å². The average molecular weight is 260 g/mol. The molecule has 0 saturated carbocycles. The van der Waals surface area contributed by atoms with Crippen molar-refractivity contribution in [1.29, 1.82) is 0 Å². The van der Waals surface area contributed by atoms with Gasteiger partial charge in [0.25, 0.3) is 0 Å². The number of hydrogen-bond donors (Lipinski definition) is 1. The van der Waals surface area contributed by atoms with Crippen LogP contribution in [0.15, 0.2) is 35.2 Å². The summed E-state index contributed by atoms with van der Waals surface area (Å²) in [5.74, 6) is 0. The zero-order valence-corrected chi connectivity index (χ0v) is 10.6. The highest BCUT2D eigenvalue weighted by Crippen LogP contribution is 2.24. The molecular weight excluding hydrogens is 246 g/mol. The molecule has 1 amide bonds. The molecule has 0 aliphatic carbocycles. The first kappa shape index (κ1) is 13.2. The number of alkyl halides is 1. The topological polar surface area (TPSA) is 38.3 Å². The van der Waals surface area contributed by atoms with Crippen LogP contribution < -0.4 is 5.32 Å². The minimum absolute atomic E-state index is 0.202. The number of amides is 1. The SMILES string of the molecule is CCOC(=O)NCC(Cl)Sc1ccccc1. The maximum absolute atomic E-state index is 11.0. The third-order valence-corrected chi connectivity index (χ3v) is 3.08. The summed E-state index contributed by atoms with van der Waals surface area (Å²) in [6.07, 6.45) is -0.429. The fourth-order valence-electron chi connectivity index (χ4n) is 1.03. The zero-order chi connectivity index (χ0) is 11.8. The van der Waals surface area contributed by atoms with E-state index < -0.39 is 6.09 Å². The lowest BCUT2D eigenvalue weighted by atomic mass is 10.4. The van der Waals surface area contributed by atoms with Gasteiger partial charge in [0.2, 0.25) is 0 Å². The normalized spacial score (nSPS) is 11.9. The first-order valence-electron chi connectivity index (χ1n) is 4.98. The number of alkyl carbamates (subject to hydrolysis) is 1. The Hall–Kier alpha value is -0.870. The van der Waals surface area contributed by atoms with Crippen LogP contribution in [-0.2, 0) is 4.74 Å². The van der Waals surface area contributed by atoms with E-state index in [9.17, 15) is 4.79 Å². The van der Waals surface area contributed by atoms with Crippen molar-refractivity contribution in [3.63, 3.8) is 0 Å². The van der Waals surface area contributed by atoms with Gasteiger partial charge in [0.1, 0.15) is 4.71 Å². The van der Waals surface area contributed by atoms with Crippen molar-refractivity contribution in [1.82, 2.24) is 5.32 Å². The summed E-state index contributed by atoms with van der Waals surface area (Å²) in [4.78, 5) is 12.1. The molecule has 1 N–H and O–H groups in total. The van der Waals surface area contributed by atoms with Crippen LogP contribution in [0.3, 0.4) is 0 Å². The second-order valence-corrected chi connectivity index (χ2v) is 5.00. The quantitative estimate of drug-likeness (QED) is 0.652. The molecule has 0 fully saturated rings. The number of nitrogens with one attached hydrogen (secondary N) is 1. The lowest BCUT2D eigenvalue weighted by Crippen LogP contribution is -2.29. The van der Waals surface area contributed by atoms with Crippen LogP contribution in [0.4, 0.5) is 4.79 Å². The Morgan fingerprint density at radius 1 is 1.50 bits per heavy atom. The minimum Gasteiger partial charge on any atom is -0.450 e. The van der Waals surface area contributed by atoms with E-state index >= 15 is 0 Å². The fraction of sp³-hybridized carbons (Fsp3) is 0.364. The molecule has 1 aromatic rings. The molecule has 5 heteroatoms. The first-order chi connectivity index (χ1) is 7.72. The summed E-state index contributed by atoms with van der Waals surface area (Å²) >= 11 is 7.55. The van der Waals surface area contributed by atoms with E-state index in [2.05, 4.69) is 5.32 Å². The van der Waals surface area contributed by atoms with Gasteiger partial charge >= 0.3 is 6.09 Å². The predicted molar refractivity (Wildman–Crippen MR) is 67.0 cm³/mol. The summed E-state index contributed by atoms with van der Waals surface area (Å²) in [6.45, 7) is 2.50. The van der Waals surface area contributed by atoms with Crippen molar-refractivity contribution in [3.05, 3.63) is 30.3 Å². The molecule has 88 valence electrons. The summed E-state index contributed by atoms with van der Waals surface area (Å²) < 4.78 is 4.52. The van der Waals surface area contributed by atoms with Gasteiger partial charge in [-0.05, 0) is 19.1 Å². The second-order valence-electron chi connectivity index (χ2n) is 2.94. The molecule has 1 atom stereocenters. The third kappa shape index (κ3) is 5.28. The summed E-state index contributed by atoms with van der Waals surface area (Å²) in [6, 6.07) is 9.80. The third-order valence-electron chi connectivity index (χ3n) is 1.69. The second kappa shape index (κ2) is 7.41. The van der Waals surface area contributed by atoms with E-state index in [0.717, 1.165) is 4.90 Å². The van der Waals surface area contributed by atoms with Gasteiger partial charge in [0.05, 0.1) is 6.61 Å². The zero-order valence-electron chi connectivity index (χ0n) is 8.98. The average Bonchev–Trinajstić information content (AvgIpc) is 2.28. The lowest BCUT2D eigenvalue weighted by molar-refractivity contribution is 0.152. The molecule has 0 aliphatic rings. The molecule has 0 saturated heterocycles. The van der Waals surface area contributed by atoms with Crippen molar-refractivity contribution >= 4 is 29.5 Å². The highest BCUT2D eigenvalue weighted by Gasteiger charge is 2.08. The number of rotatable bonds is 5. The molecule has 1 rings (SSSR count). The molecule has 0 heterocycles. The number of benzene rings is 1. The van der Waals surface area contributed by atoms with E-state index in [1.54, 1.807) is 6.92 Å². The molecule has 0 bridgehead atoms. The van der Waals surface area contributed by atoms with Crippen molar-refractivity contribution < 1.29 is 9.53 Å². The Morgan fingerprint density at radius 2 is 2.19 bits per heavy atom. The van der Waals surface area contributed by atoms with Crippen LogP contribution in [0.25, 0.3) is 0 Å². The molecule has 0 radical (unpaired) electrons. The minimum atomic E-state index is -0.429. The molecular formula is C11H14ClNO2S. The highest BCUT2D eigenvalue weighted by atomic mass is 35.5. The van der Waals surface area contributed by atoms with Crippen LogP contribution in [0.1, 0.15) is 6.92 Å². The van der Waals surface area contributed by atoms with Gasteiger partial charge in [-0.1, -0.05) is 18.2 Å². The van der Waals surface area contributed by atoms with Gasteiger partial charge in [-0.2, -0.15) is 0 Å². The molecule has 0 spiro atoms. The number of halogens is 1. The van der Waals surface area contributed by atoms with E-state index in [4.69, 9.17) is 16.3 Å². The number of carbonyl (C=O) groups is 1. The summed E-state index contributed by atoms with van der Waals surface area (Å²) in [7, 11) is 0. The lowest BCUT2D eigenvalue weighted by Gasteiger charge is -2.10. The fourth-order valence-corrected chi connectivity index (χ4v) is 2.20. The molecule has 0 aliphatic heterocycles. The van der Waals surface area contributed by atoms with Crippen LogP contribution in [0.5, 0.6) is 0 Å². The predicted octanol–water partition coefficient (Wildman–Crippen LogP) is 3.09. The van der Waals surface area contributed by atoms with Gasteiger partial charge in [-0.3, -0.25) is 0 Å². The van der Waals surface area contributed by atoms with Gasteiger partial charge in [0, 0.05) is 11.4 Å². The number of ether oxygens (including phenoxy) is 1. The molecule has 16 heavy (non-hydrogen) atoms. The molecule has 3 nitrogen and oxygen atoms in total. The highest BCUT2D eigenvalue weighted by molar-refractivity contribution is 8.01. The Morgan fingerprint density at radius 3 is 2.81 bits per heavy atom. The van der Waals surface area contributed by atoms with Crippen molar-refractivity contribution in [2.24, 2.45) is 0 Å². The standard InChI is InChI=1S/C11H14ClNO2S/c1-2-15-11(14)13-8-10(12)16-9-6-4-3-5-7-9/h3-7,10H,2,8H2,1H3,(H,13,14). The maximum Gasteiger partial charge on any atom is 0.407 e. The van der Waals surface area contributed by atoms with Gasteiger partial charge in [-0.15, -0.1) is 23.4 Å². The monoisotopic (exact) mass is 259 g/mol. The van der Waals surface area contributed by atoms with Crippen molar-refractivity contribution in [2.45, 2.75) is 16.5 Å². The van der Waals surface area contributed by atoms with Gasteiger partial charge in [-0.25, -0.2) is 4.79 Å². The largest absolute Gasteiger partial charge is 0.450 e. The molecule has 0 aromatic heterocycles. The van der Waals surface area contributed by atoms with Crippen LogP contribution in [0, 0.1) is 0 Å². The van der Waals surface area contributed by atoms with E-state index in [-0.39, 0.29) is 4.71 Å². The van der Waals surface area contributed by atoms with Crippen LogP contribution >= 0.6 is 23.4 Å². The number of thioether (sulfide) groups is 1. The maximum atomic E-state index is 11.0. The van der Waals surface area contributed by atoms with Crippen molar-refractivity contribution in [3.8, 4) is 0 Å². The van der Waals surface area contributed by atoms with E-state index in [1.165, 1.54) is 11.8 Å². The molecule has 1 unspecified atom stereocenters. The Bertz CT molecular complexity index is 321. The summed E-state index contributed by atoms with van der Waals surface area (Å²) in [5.41, 5.74) is 0. The molecule has 1 aromatic carbocycles. The van der Waals surface area contributed by atoms with Crippen LogP contribution in [0.2, 0.25) is 0 Å². The van der Waals surface area contributed by atoms with E-state index in [1.807, 2.05) is 30.3 Å². The number of carbonyl (C=O) groups excluding carboxylic acids is 1. The van der Waals surface area contributed by atoms with E-state index in [0.29, 0.717) is 13.2 Å². The first-order valence-corrected chi connectivity index (χ1v) is 6.30. The van der Waals surface area contributed by atoms with Crippen molar-refractivity contribution in [2.75, 3.05) is 13.2 Å². The summed E-state index contributed by atoms with van der Waals surface area (Å²) in [5, 5.41) is 2.59. The Labute approximate surface area is 105 Å². The number of hydrogen-bond acceptors (Lipinski definition) is 3.